The molecular weight excluding hydrogens is 274 g/mol. The van der Waals surface area contributed by atoms with Gasteiger partial charge in [-0.2, -0.15) is 5.10 Å². The van der Waals surface area contributed by atoms with Crippen molar-refractivity contribution >= 4 is 17.4 Å². The Morgan fingerprint density at radius 2 is 2.10 bits per heavy atom. The number of nitrogens with one attached hydrogen (secondary N) is 1. The Balaban J connectivity index is 1.94. The van der Waals surface area contributed by atoms with Crippen molar-refractivity contribution in [3.63, 3.8) is 0 Å². The number of anilines is 1. The predicted octanol–water partition coefficient (Wildman–Crippen LogP) is 3.75. The molecule has 100 valence electrons. The molecule has 3 aromatic rings. The van der Waals surface area contributed by atoms with Crippen LogP contribution in [0, 0.1) is 0 Å². The van der Waals surface area contributed by atoms with Gasteiger partial charge in [-0.25, -0.2) is 4.68 Å². The van der Waals surface area contributed by atoms with E-state index in [9.17, 15) is 0 Å². The van der Waals surface area contributed by atoms with E-state index in [1.807, 2.05) is 41.1 Å². The molecule has 0 bridgehead atoms. The molecule has 4 nitrogen and oxygen atoms in total. The first-order valence-corrected chi connectivity index (χ1v) is 6.87. The lowest BCUT2D eigenvalue weighted by Crippen LogP contribution is -2.04. The van der Waals surface area contributed by atoms with Gasteiger partial charge in [-0.3, -0.25) is 0 Å². The number of halogens is 1. The molecule has 0 saturated heterocycles. The molecule has 2 aromatic heterocycles. The van der Waals surface area contributed by atoms with E-state index in [0.717, 1.165) is 35.9 Å². The monoisotopic (exact) mass is 285 g/mol. The summed E-state index contributed by atoms with van der Waals surface area (Å²) in [6.07, 6.45) is 2.61. The van der Waals surface area contributed by atoms with Crippen molar-refractivity contribution in [2.24, 2.45) is 0 Å². The van der Waals surface area contributed by atoms with E-state index < -0.39 is 0 Å². The van der Waals surface area contributed by atoms with Crippen LogP contribution in [-0.2, 0) is 6.42 Å². The van der Waals surface area contributed by atoms with Crippen LogP contribution in [0.3, 0.4) is 0 Å². The zero-order chi connectivity index (χ0) is 13.5. The molecular formula is C15H12ClN3O. The second-order valence-electron chi connectivity index (χ2n) is 4.69. The topological polar surface area (TPSA) is 43.0 Å². The molecule has 1 aliphatic rings. The number of para-hydroxylation sites is 1. The second-order valence-corrected chi connectivity index (χ2v) is 5.10. The molecule has 0 spiro atoms. The molecule has 5 heteroatoms. The fourth-order valence-electron chi connectivity index (χ4n) is 2.58. The third-order valence-electron chi connectivity index (χ3n) is 3.49. The quantitative estimate of drug-likeness (QED) is 0.780. The van der Waals surface area contributed by atoms with Crippen molar-refractivity contribution in [2.75, 3.05) is 11.9 Å². The minimum atomic E-state index is 0.678. The molecule has 0 amide bonds. The number of rotatable bonds is 2. The van der Waals surface area contributed by atoms with E-state index in [4.69, 9.17) is 16.0 Å². The molecule has 20 heavy (non-hydrogen) atoms. The molecule has 1 aromatic carbocycles. The zero-order valence-corrected chi connectivity index (χ0v) is 11.4. The minimum absolute atomic E-state index is 0.678. The first-order chi connectivity index (χ1) is 9.84. The number of benzene rings is 1. The van der Waals surface area contributed by atoms with Gasteiger partial charge in [0.05, 0.1) is 17.0 Å². The van der Waals surface area contributed by atoms with E-state index >= 15 is 0 Å². The highest BCUT2D eigenvalue weighted by Gasteiger charge is 2.25. The van der Waals surface area contributed by atoms with Crippen LogP contribution in [0.5, 0.6) is 0 Å². The third kappa shape index (κ3) is 1.65. The van der Waals surface area contributed by atoms with Gasteiger partial charge in [-0.15, -0.1) is 0 Å². The van der Waals surface area contributed by atoms with Gasteiger partial charge in [-0.1, -0.05) is 23.7 Å². The Hall–Kier alpha value is -2.20. The summed E-state index contributed by atoms with van der Waals surface area (Å²) in [5.74, 6) is 1.79. The van der Waals surface area contributed by atoms with Crippen LogP contribution in [-0.4, -0.2) is 16.3 Å². The first-order valence-electron chi connectivity index (χ1n) is 6.49. The summed E-state index contributed by atoms with van der Waals surface area (Å²) in [7, 11) is 0. The van der Waals surface area contributed by atoms with E-state index in [1.165, 1.54) is 5.56 Å². The summed E-state index contributed by atoms with van der Waals surface area (Å²) in [5.41, 5.74) is 2.94. The summed E-state index contributed by atoms with van der Waals surface area (Å²) in [6, 6.07) is 11.5. The van der Waals surface area contributed by atoms with Crippen LogP contribution >= 0.6 is 11.6 Å². The van der Waals surface area contributed by atoms with Crippen molar-refractivity contribution in [3.05, 3.63) is 53.2 Å². The summed E-state index contributed by atoms with van der Waals surface area (Å²) < 4.78 is 7.35. The van der Waals surface area contributed by atoms with Gasteiger partial charge in [0.15, 0.2) is 5.76 Å². The number of nitrogens with zero attached hydrogens (tertiary/aromatic N) is 2. The molecule has 0 unspecified atom stereocenters. The van der Waals surface area contributed by atoms with E-state index in [1.54, 1.807) is 6.26 Å². The fourth-order valence-corrected chi connectivity index (χ4v) is 2.80. The van der Waals surface area contributed by atoms with Crippen molar-refractivity contribution in [3.8, 4) is 17.1 Å². The number of furan rings is 1. The number of hydrogen-bond acceptors (Lipinski definition) is 3. The van der Waals surface area contributed by atoms with Crippen molar-refractivity contribution in [2.45, 2.75) is 6.42 Å². The molecule has 0 atom stereocenters. The van der Waals surface area contributed by atoms with Gasteiger partial charge >= 0.3 is 0 Å². The number of fused-ring (bicyclic) bond motifs is 1. The van der Waals surface area contributed by atoms with Gasteiger partial charge in [0, 0.05) is 12.1 Å². The van der Waals surface area contributed by atoms with Crippen LogP contribution < -0.4 is 5.32 Å². The molecule has 0 aliphatic carbocycles. The van der Waals surface area contributed by atoms with E-state index in [0.29, 0.717) is 5.02 Å². The Morgan fingerprint density at radius 3 is 2.90 bits per heavy atom. The molecule has 4 rings (SSSR count). The minimum Gasteiger partial charge on any atom is -0.463 e. The average Bonchev–Trinajstić information content (AvgIpc) is 3.16. The summed E-state index contributed by atoms with van der Waals surface area (Å²) in [4.78, 5) is 0. The maximum absolute atomic E-state index is 6.28. The van der Waals surface area contributed by atoms with Crippen LogP contribution in [0.15, 0.2) is 47.1 Å². The van der Waals surface area contributed by atoms with Crippen LogP contribution in [0.4, 0.5) is 5.82 Å². The SMILES string of the molecule is Clc1ccccc1-n1nc(-c2ccco2)c2c1NCC2. The molecule has 0 saturated carbocycles. The van der Waals surface area contributed by atoms with E-state index in [-0.39, 0.29) is 0 Å². The number of hydrogen-bond donors (Lipinski definition) is 1. The smallest absolute Gasteiger partial charge is 0.154 e. The van der Waals surface area contributed by atoms with E-state index in [2.05, 4.69) is 10.4 Å². The molecule has 0 fully saturated rings. The average molecular weight is 286 g/mol. The highest BCUT2D eigenvalue weighted by molar-refractivity contribution is 6.32. The summed E-state index contributed by atoms with van der Waals surface area (Å²) >= 11 is 6.28. The maximum Gasteiger partial charge on any atom is 0.154 e. The summed E-state index contributed by atoms with van der Waals surface area (Å²) in [5, 5.41) is 8.74. The third-order valence-corrected chi connectivity index (χ3v) is 3.81. The van der Waals surface area contributed by atoms with Crippen molar-refractivity contribution in [1.82, 2.24) is 9.78 Å². The molecule has 0 radical (unpaired) electrons. The fraction of sp³-hybridized carbons (Fsp3) is 0.133. The Labute approximate surface area is 121 Å². The molecule has 1 N–H and O–H groups in total. The summed E-state index contributed by atoms with van der Waals surface area (Å²) in [6.45, 7) is 0.908. The number of aromatic nitrogens is 2. The van der Waals surface area contributed by atoms with Crippen molar-refractivity contribution < 1.29 is 4.42 Å². The lowest BCUT2D eigenvalue weighted by molar-refractivity contribution is 0.578. The van der Waals surface area contributed by atoms with Gasteiger partial charge in [0.1, 0.15) is 11.5 Å². The molecule has 1 aliphatic heterocycles. The highest BCUT2D eigenvalue weighted by Crippen LogP contribution is 2.35. The van der Waals surface area contributed by atoms with Crippen LogP contribution in [0.1, 0.15) is 5.56 Å². The zero-order valence-electron chi connectivity index (χ0n) is 10.6. The first kappa shape index (κ1) is 11.6. The molecule has 3 heterocycles. The van der Waals surface area contributed by atoms with Gasteiger partial charge in [-0.05, 0) is 30.7 Å². The predicted molar refractivity (Wildman–Crippen MR) is 78.5 cm³/mol. The Bertz CT molecular complexity index is 762. The largest absolute Gasteiger partial charge is 0.463 e. The maximum atomic E-state index is 6.28. The standard InChI is InChI=1S/C15H12ClN3O/c16-11-4-1-2-5-12(11)19-15-10(7-8-17-15)14(18-19)13-6-3-9-20-13/h1-6,9,17H,7-8H2. The Kier molecular flexibility index (Phi) is 2.57. The normalized spacial score (nSPS) is 13.2. The lowest BCUT2D eigenvalue weighted by atomic mass is 10.2. The highest BCUT2D eigenvalue weighted by atomic mass is 35.5. The lowest BCUT2D eigenvalue weighted by Gasteiger charge is -2.07. The van der Waals surface area contributed by atoms with Crippen LogP contribution in [0.25, 0.3) is 17.1 Å². The second kappa shape index (κ2) is 4.42. The van der Waals surface area contributed by atoms with Crippen LogP contribution in [0.2, 0.25) is 5.02 Å². The van der Waals surface area contributed by atoms with Gasteiger partial charge in [0.25, 0.3) is 0 Å². The van der Waals surface area contributed by atoms with Crippen molar-refractivity contribution in [1.29, 1.82) is 0 Å². The van der Waals surface area contributed by atoms with Gasteiger partial charge in [0.2, 0.25) is 0 Å². The van der Waals surface area contributed by atoms with Gasteiger partial charge < -0.3 is 9.73 Å². The Morgan fingerprint density at radius 1 is 1.20 bits per heavy atom.